The lowest BCUT2D eigenvalue weighted by Gasteiger charge is -2.38. The largest absolute Gasteiger partial charge is 0.353 e. The van der Waals surface area contributed by atoms with Gasteiger partial charge >= 0.3 is 5.69 Å². The van der Waals surface area contributed by atoms with Crippen LogP contribution in [-0.2, 0) is 11.2 Å². The first kappa shape index (κ1) is 20.6. The van der Waals surface area contributed by atoms with Gasteiger partial charge in [0.1, 0.15) is 5.56 Å². The Labute approximate surface area is 168 Å². The number of amides is 2. The molecule has 2 heterocycles. The fourth-order valence-electron chi connectivity index (χ4n) is 3.80. The van der Waals surface area contributed by atoms with Gasteiger partial charge in [0.25, 0.3) is 11.5 Å². The summed E-state index contributed by atoms with van der Waals surface area (Å²) in [6.45, 7) is 4.89. The number of piperidine rings is 1. The first-order valence-corrected chi connectivity index (χ1v) is 9.84. The van der Waals surface area contributed by atoms with Crippen molar-refractivity contribution >= 4 is 11.8 Å². The van der Waals surface area contributed by atoms with Crippen molar-refractivity contribution in [3.8, 4) is 0 Å². The molecule has 1 aliphatic rings. The summed E-state index contributed by atoms with van der Waals surface area (Å²) in [6, 6.07) is 7.79. The van der Waals surface area contributed by atoms with E-state index in [4.69, 9.17) is 0 Å². The number of likely N-dealkylation sites (tertiary alicyclic amines) is 1. The highest BCUT2D eigenvalue weighted by atomic mass is 16.2. The summed E-state index contributed by atoms with van der Waals surface area (Å²) in [7, 11) is 0. The van der Waals surface area contributed by atoms with E-state index in [9.17, 15) is 19.2 Å². The summed E-state index contributed by atoms with van der Waals surface area (Å²) >= 11 is 0. The van der Waals surface area contributed by atoms with Gasteiger partial charge in [-0.3, -0.25) is 19.4 Å². The third-order valence-corrected chi connectivity index (χ3v) is 5.55. The van der Waals surface area contributed by atoms with Crippen molar-refractivity contribution in [2.45, 2.75) is 39.2 Å². The van der Waals surface area contributed by atoms with Crippen molar-refractivity contribution in [3.63, 3.8) is 0 Å². The van der Waals surface area contributed by atoms with Crippen LogP contribution in [0.3, 0.4) is 0 Å². The van der Waals surface area contributed by atoms with Gasteiger partial charge in [0, 0.05) is 25.3 Å². The Hall–Kier alpha value is -3.16. The number of nitrogens with zero attached hydrogens (tertiary/aromatic N) is 1. The Kier molecular flexibility index (Phi) is 6.31. The zero-order valence-electron chi connectivity index (χ0n) is 16.7. The van der Waals surface area contributed by atoms with Crippen LogP contribution in [-0.4, -0.2) is 45.8 Å². The number of nitrogens with one attached hydrogen (secondary N) is 3. The molecule has 1 saturated heterocycles. The second-order valence-corrected chi connectivity index (χ2v) is 7.47. The fourth-order valence-corrected chi connectivity index (χ4v) is 3.80. The van der Waals surface area contributed by atoms with Crippen LogP contribution in [0.5, 0.6) is 0 Å². The number of aromatic amines is 2. The second-order valence-electron chi connectivity index (χ2n) is 7.47. The maximum atomic E-state index is 12.7. The van der Waals surface area contributed by atoms with Gasteiger partial charge in [0.05, 0.1) is 6.42 Å². The van der Waals surface area contributed by atoms with Crippen molar-refractivity contribution in [2.75, 3.05) is 13.1 Å². The molecule has 2 aromatic rings. The number of H-pyrrole nitrogens is 2. The van der Waals surface area contributed by atoms with Gasteiger partial charge in [-0.25, -0.2) is 4.79 Å². The first-order valence-electron chi connectivity index (χ1n) is 9.84. The van der Waals surface area contributed by atoms with E-state index in [1.165, 1.54) is 0 Å². The molecule has 1 aromatic heterocycles. The Morgan fingerprint density at radius 1 is 1.24 bits per heavy atom. The molecule has 0 unspecified atom stereocenters. The molecule has 0 aliphatic carbocycles. The van der Waals surface area contributed by atoms with Crippen molar-refractivity contribution < 1.29 is 9.59 Å². The molecule has 0 radical (unpaired) electrons. The van der Waals surface area contributed by atoms with Gasteiger partial charge in [-0.15, -0.1) is 0 Å². The van der Waals surface area contributed by atoms with Crippen LogP contribution in [0, 0.1) is 12.8 Å². The Morgan fingerprint density at radius 3 is 2.69 bits per heavy atom. The molecule has 2 atom stereocenters. The van der Waals surface area contributed by atoms with Crippen molar-refractivity contribution in [3.05, 3.63) is 68.0 Å². The highest BCUT2D eigenvalue weighted by molar-refractivity contribution is 5.93. The van der Waals surface area contributed by atoms with Gasteiger partial charge < -0.3 is 15.2 Å². The average molecular weight is 398 g/mol. The molecule has 0 bridgehead atoms. The molecule has 2 amide bonds. The van der Waals surface area contributed by atoms with Gasteiger partial charge in [0.15, 0.2) is 0 Å². The second kappa shape index (κ2) is 8.89. The van der Waals surface area contributed by atoms with E-state index >= 15 is 0 Å². The van der Waals surface area contributed by atoms with E-state index in [1.54, 1.807) is 4.90 Å². The zero-order valence-corrected chi connectivity index (χ0v) is 16.7. The number of aromatic nitrogens is 2. The molecule has 8 heteroatoms. The van der Waals surface area contributed by atoms with Crippen LogP contribution < -0.4 is 16.6 Å². The number of rotatable bonds is 5. The summed E-state index contributed by atoms with van der Waals surface area (Å²) < 4.78 is 0. The molecular weight excluding hydrogens is 372 g/mol. The molecule has 154 valence electrons. The lowest BCUT2D eigenvalue weighted by atomic mass is 9.89. The van der Waals surface area contributed by atoms with Gasteiger partial charge in [-0.1, -0.05) is 31.2 Å². The van der Waals surface area contributed by atoms with Crippen LogP contribution in [0.15, 0.2) is 40.1 Å². The molecule has 29 heavy (non-hydrogen) atoms. The monoisotopic (exact) mass is 398 g/mol. The number of carbonyl (C=O) groups is 2. The molecule has 3 rings (SSSR count). The van der Waals surface area contributed by atoms with Crippen LogP contribution in [0.4, 0.5) is 0 Å². The topological polar surface area (TPSA) is 115 Å². The predicted molar refractivity (Wildman–Crippen MR) is 109 cm³/mol. The standard InChI is InChI=1S/C21H26N4O4/c1-3-14-12-25(20(28)16-11-22-21(29)24-19(16)27)9-8-17(14)23-18(26)10-15-7-5-4-6-13(15)2/h4-7,11,14,17H,3,8-10,12H2,1-2H3,(H,23,26)(H2,22,24,27,29)/t14-,17+/m1/s1. The SMILES string of the molecule is CC[C@@H]1CN(C(=O)c2c[nH]c(=O)[nH]c2=O)CC[C@@H]1NC(=O)Cc1ccccc1C. The quantitative estimate of drug-likeness (QED) is 0.696. The van der Waals surface area contributed by atoms with Crippen molar-refractivity contribution in [1.82, 2.24) is 20.2 Å². The first-order chi connectivity index (χ1) is 13.9. The summed E-state index contributed by atoms with van der Waals surface area (Å²) in [5.41, 5.74) is 0.666. The van der Waals surface area contributed by atoms with Crippen LogP contribution in [0.2, 0.25) is 0 Å². The number of benzene rings is 1. The average Bonchev–Trinajstić information content (AvgIpc) is 2.69. The number of hydrogen-bond acceptors (Lipinski definition) is 4. The summed E-state index contributed by atoms with van der Waals surface area (Å²) in [4.78, 5) is 54.3. The van der Waals surface area contributed by atoms with Crippen molar-refractivity contribution in [1.29, 1.82) is 0 Å². The Morgan fingerprint density at radius 2 is 2.00 bits per heavy atom. The summed E-state index contributed by atoms with van der Waals surface area (Å²) in [6.07, 6.45) is 2.89. The maximum Gasteiger partial charge on any atom is 0.325 e. The molecule has 1 fully saturated rings. The summed E-state index contributed by atoms with van der Waals surface area (Å²) in [5.74, 6) is -0.347. The van der Waals surface area contributed by atoms with E-state index in [-0.39, 0.29) is 23.4 Å². The molecule has 0 saturated carbocycles. The molecular formula is C21H26N4O4. The Bertz CT molecular complexity index is 1010. The van der Waals surface area contributed by atoms with Gasteiger partial charge in [0.2, 0.25) is 5.91 Å². The van der Waals surface area contributed by atoms with E-state index < -0.39 is 17.2 Å². The van der Waals surface area contributed by atoms with Crippen LogP contribution in [0.25, 0.3) is 0 Å². The van der Waals surface area contributed by atoms with Gasteiger partial charge in [-0.2, -0.15) is 0 Å². The van der Waals surface area contributed by atoms with Crippen LogP contribution in [0.1, 0.15) is 41.3 Å². The smallest absolute Gasteiger partial charge is 0.325 e. The highest BCUT2D eigenvalue weighted by Gasteiger charge is 2.32. The number of hydrogen-bond donors (Lipinski definition) is 3. The highest BCUT2D eigenvalue weighted by Crippen LogP contribution is 2.21. The zero-order chi connectivity index (χ0) is 21.0. The maximum absolute atomic E-state index is 12.7. The minimum Gasteiger partial charge on any atom is -0.353 e. The minimum atomic E-state index is -0.694. The van der Waals surface area contributed by atoms with E-state index in [0.717, 1.165) is 23.7 Å². The molecule has 1 aromatic carbocycles. The normalized spacial score (nSPS) is 19.0. The molecule has 3 N–H and O–H groups in total. The van der Waals surface area contributed by atoms with Crippen LogP contribution >= 0.6 is 0 Å². The number of aryl methyl sites for hydroxylation is 1. The lowest BCUT2D eigenvalue weighted by Crippen LogP contribution is -2.53. The lowest BCUT2D eigenvalue weighted by molar-refractivity contribution is -0.121. The number of carbonyl (C=O) groups excluding carboxylic acids is 2. The fraction of sp³-hybridized carbons (Fsp3) is 0.429. The third kappa shape index (κ3) is 4.82. The van der Waals surface area contributed by atoms with Gasteiger partial charge in [-0.05, 0) is 36.8 Å². The minimum absolute atomic E-state index is 0.0190. The molecule has 1 aliphatic heterocycles. The third-order valence-electron chi connectivity index (χ3n) is 5.55. The summed E-state index contributed by atoms with van der Waals surface area (Å²) in [5, 5.41) is 3.12. The molecule has 8 nitrogen and oxygen atoms in total. The van der Waals surface area contributed by atoms with Crippen molar-refractivity contribution in [2.24, 2.45) is 5.92 Å². The van der Waals surface area contributed by atoms with E-state index in [0.29, 0.717) is 25.9 Å². The predicted octanol–water partition coefficient (Wildman–Crippen LogP) is 0.971. The molecule has 0 spiro atoms. The Balaban J connectivity index is 1.64. The van der Waals surface area contributed by atoms with E-state index in [2.05, 4.69) is 15.3 Å². The van der Waals surface area contributed by atoms with E-state index in [1.807, 2.05) is 38.1 Å².